The van der Waals surface area contributed by atoms with Gasteiger partial charge in [-0.25, -0.2) is 8.78 Å². The van der Waals surface area contributed by atoms with Gasteiger partial charge in [0, 0.05) is 32.1 Å². The molecule has 1 spiro atoms. The molecule has 0 aromatic carbocycles. The molecule has 0 aromatic heterocycles. The Balaban J connectivity index is 2.09. The summed E-state index contributed by atoms with van der Waals surface area (Å²) in [7, 11) is 0. The van der Waals surface area contributed by atoms with E-state index in [9.17, 15) is 8.78 Å². The lowest BCUT2D eigenvalue weighted by atomic mass is 9.76. The van der Waals surface area contributed by atoms with Crippen LogP contribution in [0.15, 0.2) is 0 Å². The van der Waals surface area contributed by atoms with Gasteiger partial charge in [-0.05, 0) is 26.3 Å². The topological polar surface area (TPSA) is 15.3 Å². The Kier molecular flexibility index (Phi) is 3.23. The van der Waals surface area contributed by atoms with E-state index in [-0.39, 0.29) is 6.42 Å². The largest absolute Gasteiger partial charge is 0.316 e. The summed E-state index contributed by atoms with van der Waals surface area (Å²) in [6.07, 6.45) is 1.67. The molecule has 0 bridgehead atoms. The lowest BCUT2D eigenvalue weighted by molar-refractivity contribution is -0.136. The zero-order valence-electron chi connectivity index (χ0n) is 10.2. The minimum Gasteiger partial charge on any atom is -0.316 e. The van der Waals surface area contributed by atoms with Crippen LogP contribution in [0.25, 0.3) is 0 Å². The molecule has 1 unspecified atom stereocenters. The highest BCUT2D eigenvalue weighted by molar-refractivity contribution is 5.04. The second-order valence-electron chi connectivity index (χ2n) is 5.39. The molecular formula is C12H22F2N2. The Hall–Kier alpha value is -0.220. The highest BCUT2D eigenvalue weighted by Crippen LogP contribution is 2.47. The van der Waals surface area contributed by atoms with Crippen LogP contribution < -0.4 is 5.32 Å². The third-order valence-electron chi connectivity index (χ3n) is 4.45. The maximum absolute atomic E-state index is 14.0. The van der Waals surface area contributed by atoms with E-state index in [0.29, 0.717) is 32.1 Å². The van der Waals surface area contributed by atoms with E-state index < -0.39 is 11.3 Å². The molecule has 0 aliphatic carbocycles. The molecule has 2 nitrogen and oxygen atoms in total. The first kappa shape index (κ1) is 12.2. The van der Waals surface area contributed by atoms with Gasteiger partial charge in [0.15, 0.2) is 0 Å². The number of rotatable bonds is 2. The number of piperidine rings is 1. The predicted octanol–water partition coefficient (Wildman–Crippen LogP) is 2.11. The molecule has 2 heterocycles. The molecule has 94 valence electrons. The molecule has 2 saturated heterocycles. The van der Waals surface area contributed by atoms with Gasteiger partial charge in [-0.2, -0.15) is 0 Å². The van der Waals surface area contributed by atoms with Gasteiger partial charge < -0.3 is 5.32 Å². The summed E-state index contributed by atoms with van der Waals surface area (Å²) < 4.78 is 28.1. The first-order chi connectivity index (χ1) is 7.51. The summed E-state index contributed by atoms with van der Waals surface area (Å²) in [5.41, 5.74) is -0.797. The van der Waals surface area contributed by atoms with Gasteiger partial charge in [-0.15, -0.1) is 0 Å². The fraction of sp³-hybridized carbons (Fsp3) is 1.00. The third-order valence-corrected chi connectivity index (χ3v) is 4.45. The molecule has 2 aliphatic heterocycles. The van der Waals surface area contributed by atoms with Crippen LogP contribution in [0, 0.1) is 5.41 Å². The van der Waals surface area contributed by atoms with Crippen molar-refractivity contribution in [3.05, 3.63) is 0 Å². The summed E-state index contributed by atoms with van der Waals surface area (Å²) in [6.45, 7) is 6.57. The van der Waals surface area contributed by atoms with Crippen molar-refractivity contribution >= 4 is 0 Å². The summed E-state index contributed by atoms with van der Waals surface area (Å²) in [4.78, 5) is 2.22. The van der Waals surface area contributed by atoms with Crippen molar-refractivity contribution in [3.8, 4) is 0 Å². The fourth-order valence-corrected chi connectivity index (χ4v) is 2.95. The van der Waals surface area contributed by atoms with Gasteiger partial charge >= 0.3 is 0 Å². The Morgan fingerprint density at radius 2 is 2.12 bits per heavy atom. The Bertz CT molecular complexity index is 257. The molecule has 0 radical (unpaired) electrons. The van der Waals surface area contributed by atoms with E-state index in [2.05, 4.69) is 24.1 Å². The molecule has 1 N–H and O–H groups in total. The first-order valence-corrected chi connectivity index (χ1v) is 6.33. The van der Waals surface area contributed by atoms with Crippen molar-refractivity contribution < 1.29 is 8.78 Å². The molecule has 0 amide bonds. The summed E-state index contributed by atoms with van der Waals surface area (Å²) >= 11 is 0. The number of halogens is 2. The van der Waals surface area contributed by atoms with Gasteiger partial charge in [0.2, 0.25) is 0 Å². The Labute approximate surface area is 96.4 Å². The minimum atomic E-state index is -2.49. The lowest BCUT2D eigenvalue weighted by Crippen LogP contribution is -2.55. The van der Waals surface area contributed by atoms with Crippen molar-refractivity contribution in [2.45, 2.75) is 45.1 Å². The average Bonchev–Trinajstić information content (AvgIpc) is 2.68. The smallest absolute Gasteiger partial charge is 0.257 e. The van der Waals surface area contributed by atoms with Crippen LogP contribution in [0.4, 0.5) is 8.78 Å². The van der Waals surface area contributed by atoms with Crippen LogP contribution in [0.3, 0.4) is 0 Å². The van der Waals surface area contributed by atoms with Crippen LogP contribution in [0.1, 0.15) is 33.1 Å². The average molecular weight is 232 g/mol. The molecule has 2 fully saturated rings. The predicted molar refractivity (Wildman–Crippen MR) is 60.8 cm³/mol. The number of hydrogen-bond donors (Lipinski definition) is 1. The van der Waals surface area contributed by atoms with Gasteiger partial charge in [0.1, 0.15) is 0 Å². The fourth-order valence-electron chi connectivity index (χ4n) is 2.95. The number of nitrogens with zero attached hydrogens (tertiary/aromatic N) is 1. The van der Waals surface area contributed by atoms with E-state index in [4.69, 9.17) is 0 Å². The number of hydrogen-bond acceptors (Lipinski definition) is 2. The molecule has 2 rings (SSSR count). The molecule has 2 aliphatic rings. The number of likely N-dealkylation sites (tertiary alicyclic amines) is 1. The van der Waals surface area contributed by atoms with E-state index in [1.54, 1.807) is 0 Å². The van der Waals surface area contributed by atoms with Crippen LogP contribution in [-0.2, 0) is 0 Å². The zero-order chi connectivity index (χ0) is 11.8. The normalized spacial score (nSPS) is 36.8. The first-order valence-electron chi connectivity index (χ1n) is 6.33. The van der Waals surface area contributed by atoms with Crippen LogP contribution >= 0.6 is 0 Å². The number of nitrogens with one attached hydrogen (secondary N) is 1. The highest BCUT2D eigenvalue weighted by atomic mass is 19.3. The summed E-state index contributed by atoms with van der Waals surface area (Å²) in [5.74, 6) is -2.49. The van der Waals surface area contributed by atoms with Crippen molar-refractivity contribution in [2.24, 2.45) is 5.41 Å². The Morgan fingerprint density at radius 3 is 2.75 bits per heavy atom. The van der Waals surface area contributed by atoms with E-state index in [1.165, 1.54) is 0 Å². The second-order valence-corrected chi connectivity index (χ2v) is 5.39. The van der Waals surface area contributed by atoms with Crippen LogP contribution in [-0.4, -0.2) is 43.0 Å². The van der Waals surface area contributed by atoms with Gasteiger partial charge in [-0.1, -0.05) is 6.92 Å². The Morgan fingerprint density at radius 1 is 1.38 bits per heavy atom. The summed E-state index contributed by atoms with van der Waals surface area (Å²) in [5, 5.41) is 3.14. The second kappa shape index (κ2) is 4.22. The van der Waals surface area contributed by atoms with Gasteiger partial charge in [-0.3, -0.25) is 4.90 Å². The maximum atomic E-state index is 14.0. The monoisotopic (exact) mass is 232 g/mol. The zero-order valence-corrected chi connectivity index (χ0v) is 10.2. The minimum absolute atomic E-state index is 0.00134. The van der Waals surface area contributed by atoms with Crippen molar-refractivity contribution in [3.63, 3.8) is 0 Å². The van der Waals surface area contributed by atoms with E-state index in [0.717, 1.165) is 13.0 Å². The highest BCUT2D eigenvalue weighted by Gasteiger charge is 2.57. The molecule has 2 atom stereocenters. The quantitative estimate of drug-likeness (QED) is 0.784. The molecule has 4 heteroatoms. The number of alkyl halides is 2. The lowest BCUT2D eigenvalue weighted by Gasteiger charge is -2.41. The molecule has 0 saturated carbocycles. The molecular weight excluding hydrogens is 210 g/mol. The third kappa shape index (κ3) is 1.86. The van der Waals surface area contributed by atoms with Gasteiger partial charge in [0.05, 0.1) is 5.41 Å². The van der Waals surface area contributed by atoms with Gasteiger partial charge in [0.25, 0.3) is 5.92 Å². The maximum Gasteiger partial charge on any atom is 0.257 e. The van der Waals surface area contributed by atoms with Crippen LogP contribution in [0.2, 0.25) is 0 Å². The standard InChI is InChI=1S/C12H22F2N2/c1-3-10(2)16-7-5-11(9-16)8-15-6-4-12(11,13)14/h10,15H,3-9H2,1-2H3/t10?,11-/m0/s1. The molecule has 16 heavy (non-hydrogen) atoms. The molecule has 0 aromatic rings. The van der Waals surface area contributed by atoms with E-state index >= 15 is 0 Å². The summed E-state index contributed by atoms with van der Waals surface area (Å²) in [6, 6.07) is 0.428. The van der Waals surface area contributed by atoms with Crippen molar-refractivity contribution in [2.75, 3.05) is 26.2 Å². The SMILES string of the molecule is CCC(C)N1CC[C@]2(CNCCC2(F)F)C1. The van der Waals surface area contributed by atoms with Crippen LogP contribution in [0.5, 0.6) is 0 Å². The van der Waals surface area contributed by atoms with Crippen molar-refractivity contribution in [1.29, 1.82) is 0 Å². The van der Waals surface area contributed by atoms with Crippen molar-refractivity contribution in [1.82, 2.24) is 10.2 Å². The van der Waals surface area contributed by atoms with E-state index in [1.807, 2.05) is 0 Å².